The quantitative estimate of drug-likeness (QED) is 0.666. The van der Waals surface area contributed by atoms with Crippen molar-refractivity contribution in [2.75, 3.05) is 5.32 Å². The van der Waals surface area contributed by atoms with Crippen molar-refractivity contribution < 1.29 is 27.5 Å². The Bertz CT molecular complexity index is 727. The molecule has 0 aliphatic heterocycles. The number of carbonyl (C=O) groups excluding carboxylic acids is 1. The lowest BCUT2D eigenvalue weighted by molar-refractivity contribution is -0.140. The van der Waals surface area contributed by atoms with Gasteiger partial charge in [-0.15, -0.1) is 5.10 Å². The molecule has 10 heteroatoms. The number of aromatic hydroxyl groups is 1. The Morgan fingerprint density at radius 1 is 1.39 bits per heavy atom. The van der Waals surface area contributed by atoms with Crippen molar-refractivity contribution in [1.29, 1.82) is 0 Å². The van der Waals surface area contributed by atoms with Gasteiger partial charge in [-0.05, 0) is 12.5 Å². The molecular formula is C13H12F4N4O2. The second-order valence-electron chi connectivity index (χ2n) is 4.67. The van der Waals surface area contributed by atoms with Crippen LogP contribution in [0.4, 0.5) is 23.2 Å². The predicted molar refractivity (Wildman–Crippen MR) is 71.3 cm³/mol. The summed E-state index contributed by atoms with van der Waals surface area (Å²) in [5.41, 5.74) is -2.23. The van der Waals surface area contributed by atoms with Crippen LogP contribution in [0, 0.1) is 5.82 Å². The van der Waals surface area contributed by atoms with E-state index in [2.05, 4.69) is 15.6 Å². The van der Waals surface area contributed by atoms with Gasteiger partial charge in [0.2, 0.25) is 0 Å². The van der Waals surface area contributed by atoms with Crippen molar-refractivity contribution in [3.05, 3.63) is 35.4 Å². The van der Waals surface area contributed by atoms with Gasteiger partial charge in [0.1, 0.15) is 11.6 Å². The van der Waals surface area contributed by atoms with Gasteiger partial charge in [-0.2, -0.15) is 13.2 Å². The highest BCUT2D eigenvalue weighted by atomic mass is 19.4. The zero-order valence-electron chi connectivity index (χ0n) is 11.9. The third kappa shape index (κ3) is 3.76. The summed E-state index contributed by atoms with van der Waals surface area (Å²) in [6, 6.07) is 0.603. The van der Waals surface area contributed by atoms with E-state index in [0.717, 1.165) is 6.42 Å². The number of nitrogens with zero attached hydrogens (tertiary/aromatic N) is 3. The number of aromatic nitrogens is 3. The molecule has 0 saturated heterocycles. The number of hydrogen-bond acceptors (Lipinski definition) is 4. The van der Waals surface area contributed by atoms with Gasteiger partial charge in [0.25, 0.3) is 5.91 Å². The molecule has 0 radical (unpaired) electrons. The summed E-state index contributed by atoms with van der Waals surface area (Å²) in [5.74, 6) is -3.35. The Balaban J connectivity index is 2.22. The molecule has 1 aromatic carbocycles. The summed E-state index contributed by atoms with van der Waals surface area (Å²) in [6.07, 6.45) is -2.86. The third-order valence-corrected chi connectivity index (χ3v) is 2.86. The maximum absolute atomic E-state index is 13.5. The minimum absolute atomic E-state index is 0.113. The largest absolute Gasteiger partial charge is 0.506 e. The van der Waals surface area contributed by atoms with Crippen LogP contribution >= 0.6 is 0 Å². The van der Waals surface area contributed by atoms with Crippen molar-refractivity contribution in [2.24, 2.45) is 0 Å². The molecule has 2 aromatic rings. The van der Waals surface area contributed by atoms with Crippen LogP contribution in [0.25, 0.3) is 0 Å². The van der Waals surface area contributed by atoms with E-state index < -0.39 is 34.9 Å². The first-order valence-corrected chi connectivity index (χ1v) is 6.53. The molecular weight excluding hydrogens is 320 g/mol. The molecule has 124 valence electrons. The standard InChI is InChI=1S/C13H12F4N4O2/c1-2-3-21-6-10(19-20-21)12(23)18-9-5-8(14)7(4-11(9)22)13(15,16)17/h4-6,22H,2-3H2,1H3,(H,18,23). The predicted octanol–water partition coefficient (Wildman–Crippen LogP) is 2.80. The number of amides is 1. The smallest absolute Gasteiger partial charge is 0.419 e. The Morgan fingerprint density at radius 2 is 2.09 bits per heavy atom. The summed E-state index contributed by atoms with van der Waals surface area (Å²) < 4.78 is 52.4. The van der Waals surface area contributed by atoms with E-state index in [0.29, 0.717) is 12.6 Å². The first-order chi connectivity index (χ1) is 10.7. The number of carbonyl (C=O) groups is 1. The molecule has 0 atom stereocenters. The topological polar surface area (TPSA) is 80.0 Å². The van der Waals surface area contributed by atoms with Gasteiger partial charge in [0, 0.05) is 12.6 Å². The molecule has 1 aromatic heterocycles. The van der Waals surface area contributed by atoms with E-state index in [1.807, 2.05) is 6.92 Å². The maximum atomic E-state index is 13.5. The van der Waals surface area contributed by atoms with Crippen LogP contribution in [0.3, 0.4) is 0 Å². The summed E-state index contributed by atoms with van der Waals surface area (Å²) in [6.45, 7) is 2.42. The first kappa shape index (κ1) is 16.7. The van der Waals surface area contributed by atoms with Crippen LogP contribution in [-0.2, 0) is 12.7 Å². The number of phenols is 1. The monoisotopic (exact) mass is 332 g/mol. The first-order valence-electron chi connectivity index (χ1n) is 6.53. The highest BCUT2D eigenvalue weighted by Crippen LogP contribution is 2.36. The zero-order valence-corrected chi connectivity index (χ0v) is 11.9. The SMILES string of the molecule is CCCn1cc(C(=O)Nc2cc(F)c(C(F)(F)F)cc2O)nn1. The molecule has 2 N–H and O–H groups in total. The highest BCUT2D eigenvalue weighted by molar-refractivity contribution is 6.03. The molecule has 0 aliphatic rings. The number of rotatable bonds is 4. The van der Waals surface area contributed by atoms with Crippen LogP contribution < -0.4 is 5.32 Å². The normalized spacial score (nSPS) is 11.5. The van der Waals surface area contributed by atoms with E-state index in [1.54, 1.807) is 0 Å². The number of hydrogen-bond donors (Lipinski definition) is 2. The van der Waals surface area contributed by atoms with Crippen molar-refractivity contribution >= 4 is 11.6 Å². The second kappa shape index (κ2) is 6.23. The minimum Gasteiger partial charge on any atom is -0.506 e. The van der Waals surface area contributed by atoms with Crippen LogP contribution in [0.2, 0.25) is 0 Å². The fourth-order valence-electron chi connectivity index (χ4n) is 1.81. The number of phenolic OH excluding ortho intramolecular Hbond substituents is 1. The van der Waals surface area contributed by atoms with Gasteiger partial charge >= 0.3 is 6.18 Å². The van der Waals surface area contributed by atoms with Gasteiger partial charge in [-0.25, -0.2) is 4.39 Å². The van der Waals surface area contributed by atoms with E-state index in [1.165, 1.54) is 10.9 Å². The highest BCUT2D eigenvalue weighted by Gasteiger charge is 2.35. The summed E-state index contributed by atoms with van der Waals surface area (Å²) in [5, 5.41) is 18.9. The zero-order chi connectivity index (χ0) is 17.2. The fraction of sp³-hybridized carbons (Fsp3) is 0.308. The van der Waals surface area contributed by atoms with Crippen LogP contribution in [0.1, 0.15) is 29.4 Å². The van der Waals surface area contributed by atoms with Crippen LogP contribution in [0.5, 0.6) is 5.75 Å². The van der Waals surface area contributed by atoms with E-state index in [9.17, 15) is 27.5 Å². The molecule has 23 heavy (non-hydrogen) atoms. The van der Waals surface area contributed by atoms with Crippen LogP contribution in [-0.4, -0.2) is 26.0 Å². The number of anilines is 1. The average molecular weight is 332 g/mol. The van der Waals surface area contributed by atoms with Gasteiger partial charge in [0.05, 0.1) is 17.4 Å². The van der Waals surface area contributed by atoms with Gasteiger partial charge in [0.15, 0.2) is 5.69 Å². The third-order valence-electron chi connectivity index (χ3n) is 2.86. The lowest BCUT2D eigenvalue weighted by Crippen LogP contribution is -2.14. The Kier molecular flexibility index (Phi) is 4.52. The van der Waals surface area contributed by atoms with Gasteiger partial charge < -0.3 is 10.4 Å². The lowest BCUT2D eigenvalue weighted by Gasteiger charge is -2.11. The second-order valence-corrected chi connectivity index (χ2v) is 4.67. The maximum Gasteiger partial charge on any atom is 0.419 e. The molecule has 0 bridgehead atoms. The molecule has 0 aliphatic carbocycles. The fourth-order valence-corrected chi connectivity index (χ4v) is 1.81. The molecule has 2 rings (SSSR count). The summed E-state index contributed by atoms with van der Waals surface area (Å²) in [4.78, 5) is 11.9. The molecule has 0 fully saturated rings. The van der Waals surface area contributed by atoms with E-state index >= 15 is 0 Å². The number of nitrogens with one attached hydrogen (secondary N) is 1. The minimum atomic E-state index is -4.95. The summed E-state index contributed by atoms with van der Waals surface area (Å²) >= 11 is 0. The van der Waals surface area contributed by atoms with Crippen molar-refractivity contribution in [1.82, 2.24) is 15.0 Å². The van der Waals surface area contributed by atoms with E-state index in [4.69, 9.17) is 0 Å². The number of alkyl halides is 3. The molecule has 1 heterocycles. The Labute approximate surface area is 127 Å². The Morgan fingerprint density at radius 3 is 2.70 bits per heavy atom. The molecule has 1 amide bonds. The van der Waals surface area contributed by atoms with E-state index in [-0.39, 0.29) is 11.8 Å². The van der Waals surface area contributed by atoms with Crippen molar-refractivity contribution in [2.45, 2.75) is 26.1 Å². The number of aryl methyl sites for hydroxylation is 1. The van der Waals surface area contributed by atoms with Crippen LogP contribution in [0.15, 0.2) is 18.3 Å². The van der Waals surface area contributed by atoms with Gasteiger partial charge in [-0.1, -0.05) is 12.1 Å². The molecule has 0 spiro atoms. The number of benzene rings is 1. The van der Waals surface area contributed by atoms with Crippen molar-refractivity contribution in [3.8, 4) is 5.75 Å². The Hall–Kier alpha value is -2.65. The lowest BCUT2D eigenvalue weighted by atomic mass is 10.1. The van der Waals surface area contributed by atoms with Gasteiger partial charge in [-0.3, -0.25) is 9.48 Å². The number of halogens is 4. The molecule has 0 unspecified atom stereocenters. The van der Waals surface area contributed by atoms with Crippen molar-refractivity contribution in [3.63, 3.8) is 0 Å². The average Bonchev–Trinajstić information content (AvgIpc) is 2.90. The molecule has 6 nitrogen and oxygen atoms in total. The molecule has 0 saturated carbocycles. The summed E-state index contributed by atoms with van der Waals surface area (Å²) in [7, 11) is 0.